The number of halogens is 1. The van der Waals surface area contributed by atoms with Gasteiger partial charge in [0.05, 0.1) is 5.41 Å². The quantitative estimate of drug-likeness (QED) is 0.823. The van der Waals surface area contributed by atoms with Crippen molar-refractivity contribution in [1.29, 1.82) is 0 Å². The van der Waals surface area contributed by atoms with Crippen molar-refractivity contribution in [2.75, 3.05) is 13.2 Å². The van der Waals surface area contributed by atoms with Gasteiger partial charge in [0.15, 0.2) is 0 Å². The molecule has 134 valence electrons. The SMILES string of the molecule is Fc1cccc(C2(c3nnc(CC4CCCCC4)o3)CCOCC2)c1. The lowest BCUT2D eigenvalue weighted by atomic mass is 9.74. The summed E-state index contributed by atoms with van der Waals surface area (Å²) in [7, 11) is 0. The number of hydrogen-bond acceptors (Lipinski definition) is 4. The zero-order chi connectivity index (χ0) is 17.1. The predicted molar refractivity (Wildman–Crippen MR) is 91.8 cm³/mol. The highest BCUT2D eigenvalue weighted by molar-refractivity contribution is 5.33. The largest absolute Gasteiger partial charge is 0.424 e. The Morgan fingerprint density at radius 1 is 1.08 bits per heavy atom. The van der Waals surface area contributed by atoms with Crippen molar-refractivity contribution in [2.24, 2.45) is 5.92 Å². The molecule has 1 saturated carbocycles. The minimum atomic E-state index is -0.432. The first-order chi connectivity index (χ1) is 12.3. The number of nitrogens with zero attached hydrogens (tertiary/aromatic N) is 2. The van der Waals surface area contributed by atoms with Crippen molar-refractivity contribution >= 4 is 0 Å². The summed E-state index contributed by atoms with van der Waals surface area (Å²) in [5.41, 5.74) is 0.474. The van der Waals surface area contributed by atoms with Gasteiger partial charge in [-0.3, -0.25) is 0 Å². The Morgan fingerprint density at radius 3 is 2.64 bits per heavy atom. The van der Waals surface area contributed by atoms with Gasteiger partial charge in [0, 0.05) is 19.6 Å². The maximum absolute atomic E-state index is 13.8. The molecule has 1 aliphatic heterocycles. The minimum absolute atomic E-state index is 0.231. The summed E-state index contributed by atoms with van der Waals surface area (Å²) in [6, 6.07) is 6.77. The van der Waals surface area contributed by atoms with Crippen LogP contribution in [0, 0.1) is 11.7 Å². The molecule has 25 heavy (non-hydrogen) atoms. The molecule has 0 spiro atoms. The summed E-state index contributed by atoms with van der Waals surface area (Å²) < 4.78 is 25.5. The molecule has 0 bridgehead atoms. The third-order valence-electron chi connectivity index (χ3n) is 5.79. The van der Waals surface area contributed by atoms with Crippen LogP contribution in [0.1, 0.15) is 62.3 Å². The second kappa shape index (κ2) is 7.24. The van der Waals surface area contributed by atoms with E-state index in [2.05, 4.69) is 10.2 Å². The molecule has 1 saturated heterocycles. The van der Waals surface area contributed by atoms with Crippen LogP contribution in [0.4, 0.5) is 4.39 Å². The second-order valence-corrected chi connectivity index (χ2v) is 7.41. The van der Waals surface area contributed by atoms with Crippen molar-refractivity contribution in [1.82, 2.24) is 10.2 Å². The summed E-state index contributed by atoms with van der Waals surface area (Å²) in [5.74, 6) is 1.77. The normalized spacial score (nSPS) is 21.3. The Labute approximate surface area is 147 Å². The minimum Gasteiger partial charge on any atom is -0.424 e. The molecule has 1 aromatic heterocycles. The molecule has 2 aromatic rings. The van der Waals surface area contributed by atoms with E-state index in [1.807, 2.05) is 6.07 Å². The maximum atomic E-state index is 13.8. The molecule has 0 amide bonds. The highest BCUT2D eigenvalue weighted by Gasteiger charge is 2.41. The van der Waals surface area contributed by atoms with Crippen molar-refractivity contribution in [2.45, 2.75) is 56.8 Å². The number of benzene rings is 1. The molecule has 0 unspecified atom stereocenters. The topological polar surface area (TPSA) is 48.2 Å². The molecule has 2 fully saturated rings. The van der Waals surface area contributed by atoms with Crippen molar-refractivity contribution in [3.05, 3.63) is 47.4 Å². The molecule has 0 N–H and O–H groups in total. The van der Waals surface area contributed by atoms with E-state index in [9.17, 15) is 4.39 Å². The molecule has 2 heterocycles. The maximum Gasteiger partial charge on any atom is 0.227 e. The van der Waals surface area contributed by atoms with E-state index < -0.39 is 5.41 Å². The van der Waals surface area contributed by atoms with Crippen molar-refractivity contribution < 1.29 is 13.5 Å². The number of rotatable bonds is 4. The third-order valence-corrected chi connectivity index (χ3v) is 5.79. The average Bonchev–Trinajstić information content (AvgIpc) is 3.12. The fourth-order valence-corrected chi connectivity index (χ4v) is 4.30. The zero-order valence-corrected chi connectivity index (χ0v) is 14.5. The Kier molecular flexibility index (Phi) is 4.84. The molecular formula is C20H25FN2O2. The number of aromatic nitrogens is 2. The summed E-state index contributed by atoms with van der Waals surface area (Å²) in [5, 5.41) is 8.72. The summed E-state index contributed by atoms with van der Waals surface area (Å²) >= 11 is 0. The second-order valence-electron chi connectivity index (χ2n) is 7.41. The summed E-state index contributed by atoms with van der Waals surface area (Å²) in [6.45, 7) is 1.24. The van der Waals surface area contributed by atoms with Gasteiger partial charge in [0.1, 0.15) is 5.82 Å². The first-order valence-corrected chi connectivity index (χ1v) is 9.43. The molecule has 0 radical (unpaired) electrons. The van der Waals surface area contributed by atoms with E-state index in [4.69, 9.17) is 9.15 Å². The first-order valence-electron chi connectivity index (χ1n) is 9.43. The molecule has 4 rings (SSSR count). The van der Waals surface area contributed by atoms with E-state index in [0.29, 0.717) is 25.0 Å². The van der Waals surface area contributed by atoms with E-state index >= 15 is 0 Å². The van der Waals surface area contributed by atoms with Gasteiger partial charge in [-0.25, -0.2) is 4.39 Å². The fraction of sp³-hybridized carbons (Fsp3) is 0.600. The molecule has 1 aliphatic carbocycles. The van der Waals surface area contributed by atoms with Crippen LogP contribution < -0.4 is 0 Å². The number of hydrogen-bond donors (Lipinski definition) is 0. The Morgan fingerprint density at radius 2 is 1.88 bits per heavy atom. The lowest BCUT2D eigenvalue weighted by molar-refractivity contribution is 0.0538. The lowest BCUT2D eigenvalue weighted by Gasteiger charge is -2.34. The monoisotopic (exact) mass is 344 g/mol. The van der Waals surface area contributed by atoms with Gasteiger partial charge in [0.25, 0.3) is 0 Å². The lowest BCUT2D eigenvalue weighted by Crippen LogP contribution is -2.35. The smallest absolute Gasteiger partial charge is 0.227 e. The van der Waals surface area contributed by atoms with Crippen molar-refractivity contribution in [3.63, 3.8) is 0 Å². The van der Waals surface area contributed by atoms with Gasteiger partial charge >= 0.3 is 0 Å². The van der Waals surface area contributed by atoms with Gasteiger partial charge in [-0.15, -0.1) is 10.2 Å². The van der Waals surface area contributed by atoms with Crippen LogP contribution >= 0.6 is 0 Å². The van der Waals surface area contributed by atoms with Crippen LogP contribution in [0.25, 0.3) is 0 Å². The first kappa shape index (κ1) is 16.7. The highest BCUT2D eigenvalue weighted by atomic mass is 19.1. The van der Waals surface area contributed by atoms with Gasteiger partial charge in [-0.2, -0.15) is 0 Å². The van der Waals surface area contributed by atoms with Crippen LogP contribution in [0.3, 0.4) is 0 Å². The van der Waals surface area contributed by atoms with E-state index in [0.717, 1.165) is 30.7 Å². The van der Waals surface area contributed by atoms with E-state index in [-0.39, 0.29) is 5.82 Å². The summed E-state index contributed by atoms with van der Waals surface area (Å²) in [6.07, 6.45) is 8.79. The fourth-order valence-electron chi connectivity index (χ4n) is 4.30. The Bertz CT molecular complexity index is 703. The van der Waals surface area contributed by atoms with Crippen LogP contribution in [-0.2, 0) is 16.6 Å². The van der Waals surface area contributed by atoms with Gasteiger partial charge in [-0.1, -0.05) is 31.4 Å². The van der Waals surface area contributed by atoms with Crippen LogP contribution in [0.2, 0.25) is 0 Å². The van der Waals surface area contributed by atoms with Gasteiger partial charge < -0.3 is 9.15 Å². The molecule has 4 nitrogen and oxygen atoms in total. The third kappa shape index (κ3) is 3.47. The van der Waals surface area contributed by atoms with Crippen LogP contribution in [0.15, 0.2) is 28.7 Å². The van der Waals surface area contributed by atoms with Crippen molar-refractivity contribution in [3.8, 4) is 0 Å². The molecule has 5 heteroatoms. The Hall–Kier alpha value is -1.75. The Balaban J connectivity index is 1.62. The predicted octanol–water partition coefficient (Wildman–Crippen LogP) is 4.43. The highest BCUT2D eigenvalue weighted by Crippen LogP contribution is 2.41. The van der Waals surface area contributed by atoms with E-state index in [1.165, 1.54) is 38.2 Å². The van der Waals surface area contributed by atoms with Crippen LogP contribution in [0.5, 0.6) is 0 Å². The summed E-state index contributed by atoms with van der Waals surface area (Å²) in [4.78, 5) is 0. The molecular weight excluding hydrogens is 319 g/mol. The number of ether oxygens (including phenoxy) is 1. The standard InChI is InChI=1S/C20H25FN2O2/c21-17-8-4-7-16(14-17)20(9-11-24-12-10-20)19-23-22-18(25-19)13-15-5-2-1-3-6-15/h4,7-8,14-15H,1-3,5-6,9-13H2. The van der Waals surface area contributed by atoms with Gasteiger partial charge in [0.2, 0.25) is 11.8 Å². The molecule has 2 aliphatic rings. The van der Waals surface area contributed by atoms with E-state index in [1.54, 1.807) is 12.1 Å². The zero-order valence-electron chi connectivity index (χ0n) is 14.5. The molecule has 0 atom stereocenters. The molecule has 1 aromatic carbocycles. The van der Waals surface area contributed by atoms with Crippen LogP contribution in [-0.4, -0.2) is 23.4 Å². The average molecular weight is 344 g/mol. The van der Waals surface area contributed by atoms with Gasteiger partial charge in [-0.05, 0) is 49.3 Å².